The van der Waals surface area contributed by atoms with Gasteiger partial charge in [-0.2, -0.15) is 0 Å². The SMILES string of the molecule is O=C(Nc1c(Cl)cccc1Cl)C(Cl)(Cl)Cl. The number of carbonyl (C=O) groups excluding carboxylic acids is 1. The molecule has 2 nitrogen and oxygen atoms in total. The third-order valence-electron chi connectivity index (χ3n) is 1.46. The van der Waals surface area contributed by atoms with E-state index < -0.39 is 9.70 Å². The normalized spacial score (nSPS) is 11.3. The number of carbonyl (C=O) groups is 1. The molecule has 0 aliphatic heterocycles. The Labute approximate surface area is 111 Å². The van der Waals surface area contributed by atoms with E-state index in [9.17, 15) is 4.79 Å². The average molecular weight is 307 g/mol. The van der Waals surface area contributed by atoms with Crippen LogP contribution < -0.4 is 5.32 Å². The Morgan fingerprint density at radius 1 is 1.13 bits per heavy atom. The summed E-state index contributed by atoms with van der Waals surface area (Å²) in [6.45, 7) is 0. The van der Waals surface area contributed by atoms with Gasteiger partial charge in [-0.1, -0.05) is 64.1 Å². The minimum Gasteiger partial charge on any atom is -0.320 e. The van der Waals surface area contributed by atoms with Crippen LogP contribution in [0.25, 0.3) is 0 Å². The highest BCUT2D eigenvalue weighted by Gasteiger charge is 2.31. The van der Waals surface area contributed by atoms with Crippen molar-refractivity contribution in [3.8, 4) is 0 Å². The largest absolute Gasteiger partial charge is 0.320 e. The Kier molecular flexibility index (Phi) is 4.38. The minimum absolute atomic E-state index is 0.220. The summed E-state index contributed by atoms with van der Waals surface area (Å²) in [5, 5.41) is 2.86. The van der Waals surface area contributed by atoms with E-state index in [-0.39, 0.29) is 15.7 Å². The van der Waals surface area contributed by atoms with Gasteiger partial charge >= 0.3 is 0 Å². The molecule has 1 N–H and O–H groups in total. The lowest BCUT2D eigenvalue weighted by atomic mass is 10.3. The van der Waals surface area contributed by atoms with Crippen molar-refractivity contribution in [1.82, 2.24) is 0 Å². The van der Waals surface area contributed by atoms with Crippen molar-refractivity contribution in [3.05, 3.63) is 28.2 Å². The molecule has 1 amide bonds. The molecule has 7 heteroatoms. The first-order chi connectivity index (χ1) is 6.82. The van der Waals surface area contributed by atoms with Gasteiger partial charge in [-0.15, -0.1) is 0 Å². The number of alkyl halides is 3. The molecular weight excluding hydrogens is 303 g/mol. The van der Waals surface area contributed by atoms with Crippen LogP contribution in [0.15, 0.2) is 18.2 Å². The zero-order valence-electron chi connectivity index (χ0n) is 7.03. The zero-order chi connectivity index (χ0) is 11.6. The summed E-state index contributed by atoms with van der Waals surface area (Å²) in [4.78, 5) is 11.3. The Bertz CT molecular complexity index is 367. The van der Waals surface area contributed by atoms with Gasteiger partial charge in [0, 0.05) is 0 Å². The van der Waals surface area contributed by atoms with Crippen LogP contribution in [0.4, 0.5) is 5.69 Å². The van der Waals surface area contributed by atoms with Crippen molar-refractivity contribution >= 4 is 69.6 Å². The fourth-order valence-electron chi connectivity index (χ4n) is 0.802. The van der Waals surface area contributed by atoms with Gasteiger partial charge in [0.05, 0.1) is 15.7 Å². The lowest BCUT2D eigenvalue weighted by Gasteiger charge is -2.13. The summed E-state index contributed by atoms with van der Waals surface area (Å²) in [6.07, 6.45) is 0. The lowest BCUT2D eigenvalue weighted by molar-refractivity contribution is -0.115. The number of nitrogens with one attached hydrogen (secondary N) is 1. The zero-order valence-corrected chi connectivity index (χ0v) is 10.8. The van der Waals surface area contributed by atoms with E-state index in [2.05, 4.69) is 5.32 Å². The third kappa shape index (κ3) is 3.58. The van der Waals surface area contributed by atoms with Crippen LogP contribution in [0.5, 0.6) is 0 Å². The number of hydrogen-bond donors (Lipinski definition) is 1. The topological polar surface area (TPSA) is 29.1 Å². The van der Waals surface area contributed by atoms with Crippen molar-refractivity contribution < 1.29 is 4.79 Å². The van der Waals surface area contributed by atoms with E-state index in [4.69, 9.17) is 58.0 Å². The molecular formula is C8H4Cl5NO. The first-order valence-electron chi connectivity index (χ1n) is 3.64. The smallest absolute Gasteiger partial charge is 0.276 e. The number of amides is 1. The summed E-state index contributed by atoms with van der Waals surface area (Å²) in [6, 6.07) is 4.75. The molecule has 0 saturated carbocycles. The van der Waals surface area contributed by atoms with Gasteiger partial charge in [0.25, 0.3) is 9.70 Å². The maximum absolute atomic E-state index is 11.3. The Morgan fingerprint density at radius 2 is 1.60 bits per heavy atom. The molecule has 0 bridgehead atoms. The van der Waals surface area contributed by atoms with Crippen molar-refractivity contribution in [2.24, 2.45) is 0 Å². The maximum atomic E-state index is 11.3. The lowest BCUT2D eigenvalue weighted by Crippen LogP contribution is -2.27. The Balaban J connectivity index is 2.95. The van der Waals surface area contributed by atoms with Crippen LogP contribution in [-0.4, -0.2) is 9.70 Å². The fourth-order valence-corrected chi connectivity index (χ4v) is 1.44. The van der Waals surface area contributed by atoms with Gasteiger partial charge in [0.1, 0.15) is 0 Å². The highest BCUT2D eigenvalue weighted by Crippen LogP contribution is 2.33. The predicted molar refractivity (Wildman–Crippen MR) is 65.4 cm³/mol. The summed E-state index contributed by atoms with van der Waals surface area (Å²) in [5.41, 5.74) is 0.220. The van der Waals surface area contributed by atoms with Crippen LogP contribution in [-0.2, 0) is 4.79 Å². The number of para-hydroxylation sites is 1. The molecule has 0 unspecified atom stereocenters. The van der Waals surface area contributed by atoms with Crippen LogP contribution in [0.3, 0.4) is 0 Å². The summed E-state index contributed by atoms with van der Waals surface area (Å²) in [7, 11) is 0. The van der Waals surface area contributed by atoms with Crippen LogP contribution in [0, 0.1) is 0 Å². The van der Waals surface area contributed by atoms with E-state index in [1.54, 1.807) is 18.2 Å². The molecule has 0 fully saturated rings. The Hall–Kier alpha value is 0.140. The first-order valence-corrected chi connectivity index (χ1v) is 5.53. The van der Waals surface area contributed by atoms with Crippen LogP contribution in [0.2, 0.25) is 10.0 Å². The van der Waals surface area contributed by atoms with E-state index in [0.717, 1.165) is 0 Å². The number of rotatable bonds is 1. The highest BCUT2D eigenvalue weighted by atomic mass is 35.6. The molecule has 0 radical (unpaired) electrons. The van der Waals surface area contributed by atoms with E-state index in [0.29, 0.717) is 0 Å². The molecule has 1 aromatic carbocycles. The highest BCUT2D eigenvalue weighted by molar-refractivity contribution is 6.77. The van der Waals surface area contributed by atoms with Crippen molar-refractivity contribution in [3.63, 3.8) is 0 Å². The quantitative estimate of drug-likeness (QED) is 0.770. The van der Waals surface area contributed by atoms with Gasteiger partial charge in [-0.05, 0) is 12.1 Å². The average Bonchev–Trinajstić information content (AvgIpc) is 2.09. The molecule has 0 atom stereocenters. The summed E-state index contributed by atoms with van der Waals surface area (Å²) in [5.74, 6) is -0.817. The molecule has 15 heavy (non-hydrogen) atoms. The van der Waals surface area contributed by atoms with E-state index >= 15 is 0 Å². The van der Waals surface area contributed by atoms with Crippen LogP contribution in [0.1, 0.15) is 0 Å². The van der Waals surface area contributed by atoms with Crippen molar-refractivity contribution in [1.29, 1.82) is 0 Å². The minimum atomic E-state index is -2.05. The second kappa shape index (κ2) is 4.98. The number of halogens is 5. The van der Waals surface area contributed by atoms with Gasteiger partial charge < -0.3 is 5.32 Å². The second-order valence-electron chi connectivity index (χ2n) is 2.55. The van der Waals surface area contributed by atoms with Crippen molar-refractivity contribution in [2.75, 3.05) is 5.32 Å². The van der Waals surface area contributed by atoms with Gasteiger partial charge in [0.15, 0.2) is 0 Å². The monoisotopic (exact) mass is 305 g/mol. The van der Waals surface area contributed by atoms with Crippen LogP contribution >= 0.6 is 58.0 Å². The third-order valence-corrected chi connectivity index (χ3v) is 2.60. The van der Waals surface area contributed by atoms with Gasteiger partial charge in [-0.3, -0.25) is 4.79 Å². The molecule has 82 valence electrons. The van der Waals surface area contributed by atoms with E-state index in [1.807, 2.05) is 0 Å². The molecule has 1 aromatic rings. The molecule has 0 aliphatic carbocycles. The van der Waals surface area contributed by atoms with Gasteiger partial charge in [-0.25, -0.2) is 0 Å². The molecule has 0 aromatic heterocycles. The molecule has 0 aliphatic rings. The fraction of sp³-hybridized carbons (Fsp3) is 0.125. The maximum Gasteiger partial charge on any atom is 0.276 e. The van der Waals surface area contributed by atoms with E-state index in [1.165, 1.54) is 0 Å². The summed E-state index contributed by atoms with van der Waals surface area (Å²) < 4.78 is -2.05. The molecule has 0 spiro atoms. The number of hydrogen-bond acceptors (Lipinski definition) is 1. The first kappa shape index (κ1) is 13.2. The second-order valence-corrected chi connectivity index (χ2v) is 5.64. The number of anilines is 1. The molecule has 0 saturated heterocycles. The Morgan fingerprint density at radius 3 is 2.00 bits per heavy atom. The molecule has 1 rings (SSSR count). The standard InChI is InChI=1S/C8H4Cl5NO/c9-4-2-1-3-5(10)6(4)14-7(15)8(11,12)13/h1-3H,(H,14,15). The van der Waals surface area contributed by atoms with Crippen molar-refractivity contribution in [2.45, 2.75) is 3.79 Å². The molecule has 0 heterocycles. The predicted octanol–water partition coefficient (Wildman–Crippen LogP) is 4.30. The summed E-state index contributed by atoms with van der Waals surface area (Å²) >= 11 is 27.7. The number of benzene rings is 1. The van der Waals surface area contributed by atoms with Gasteiger partial charge in [0.2, 0.25) is 0 Å².